The summed E-state index contributed by atoms with van der Waals surface area (Å²) in [6, 6.07) is -0.634. The van der Waals surface area contributed by atoms with Gasteiger partial charge >= 0.3 is 5.97 Å². The molecule has 0 bridgehead atoms. The first kappa shape index (κ1) is 23.1. The van der Waals surface area contributed by atoms with Crippen molar-refractivity contribution in [2.45, 2.75) is 50.1 Å². The second-order valence-electron chi connectivity index (χ2n) is 9.05. The number of carboxylic acids is 1. The van der Waals surface area contributed by atoms with Gasteiger partial charge < -0.3 is 30.2 Å². The minimum atomic E-state index is -1.13. The number of carbonyl (C=O) groups is 3. The van der Waals surface area contributed by atoms with Crippen LogP contribution in [0.1, 0.15) is 26.7 Å². The van der Waals surface area contributed by atoms with E-state index in [1.165, 1.54) is 23.0 Å². The van der Waals surface area contributed by atoms with Gasteiger partial charge in [0.1, 0.15) is 5.70 Å². The van der Waals surface area contributed by atoms with Crippen molar-refractivity contribution in [2.75, 3.05) is 32.7 Å². The number of rotatable bonds is 6. The molecule has 0 spiro atoms. The van der Waals surface area contributed by atoms with Gasteiger partial charge in [-0.25, -0.2) is 4.79 Å². The normalized spacial score (nSPS) is 33.7. The third-order valence-corrected chi connectivity index (χ3v) is 8.53. The Morgan fingerprint density at radius 1 is 1.28 bits per heavy atom. The number of aliphatic carboxylic acids is 1. The van der Waals surface area contributed by atoms with Crippen LogP contribution in [-0.4, -0.2) is 105 Å². The van der Waals surface area contributed by atoms with Crippen LogP contribution >= 0.6 is 11.8 Å². The average molecular weight is 466 g/mol. The van der Waals surface area contributed by atoms with Gasteiger partial charge in [0.15, 0.2) is 0 Å². The molecule has 0 radical (unpaired) electrons. The highest BCUT2D eigenvalue weighted by Gasteiger charge is 2.60. The minimum Gasteiger partial charge on any atom is -0.477 e. The highest BCUT2D eigenvalue weighted by molar-refractivity contribution is 8.03. The van der Waals surface area contributed by atoms with Gasteiger partial charge in [-0.1, -0.05) is 6.92 Å². The Balaban J connectivity index is 1.42. The van der Waals surface area contributed by atoms with Crippen LogP contribution in [-0.2, 0) is 14.4 Å². The SMILES string of the molecule is CC(O)[C@H]1C(=O)N2C(C(=O)O)=C(S[C@@H]3CN[C@H](C(=O)N4CCCN(C=N)CC4)C3)[C@H](C)[C@H]12. The predicted octanol–water partition coefficient (Wildman–Crippen LogP) is -0.255. The van der Waals surface area contributed by atoms with Crippen LogP contribution in [0.15, 0.2) is 10.6 Å². The summed E-state index contributed by atoms with van der Waals surface area (Å²) < 4.78 is 0. The van der Waals surface area contributed by atoms with Gasteiger partial charge in [-0.15, -0.1) is 11.8 Å². The largest absolute Gasteiger partial charge is 0.477 e. The summed E-state index contributed by atoms with van der Waals surface area (Å²) in [7, 11) is 0. The number of hydrogen-bond donors (Lipinski definition) is 4. The van der Waals surface area contributed by atoms with Gasteiger partial charge in [0, 0.05) is 48.8 Å². The number of fused-ring (bicyclic) bond motifs is 1. The van der Waals surface area contributed by atoms with Crippen molar-refractivity contribution in [3.8, 4) is 0 Å². The van der Waals surface area contributed by atoms with Crippen LogP contribution in [0.25, 0.3) is 0 Å². The molecule has 10 nitrogen and oxygen atoms in total. The zero-order chi connectivity index (χ0) is 23.2. The number of nitrogens with zero attached hydrogens (tertiary/aromatic N) is 3. The number of amides is 2. The fraction of sp³-hybridized carbons (Fsp3) is 0.714. The van der Waals surface area contributed by atoms with E-state index in [1.54, 1.807) is 6.92 Å². The fourth-order valence-corrected chi connectivity index (χ4v) is 6.83. The molecule has 0 aromatic carbocycles. The van der Waals surface area contributed by atoms with Crippen LogP contribution in [0, 0.1) is 17.2 Å². The standard InChI is InChI=1S/C21H31N5O5S/c1-11-16-15(12(2)27)20(29)26(16)17(21(30)31)18(11)32-13-8-14(23-9-13)19(28)25-5-3-4-24(10-22)6-7-25/h10-16,22-23,27H,3-9H2,1-2H3,(H,30,31)/t11-,12?,13+,14+,15-,16-/m1/s1. The van der Waals surface area contributed by atoms with Crippen LogP contribution < -0.4 is 5.32 Å². The van der Waals surface area contributed by atoms with Crippen molar-refractivity contribution in [3.63, 3.8) is 0 Å². The molecule has 0 aromatic rings. The second kappa shape index (κ2) is 9.03. The van der Waals surface area contributed by atoms with Crippen LogP contribution in [0.2, 0.25) is 0 Å². The lowest BCUT2D eigenvalue weighted by atomic mass is 9.79. The summed E-state index contributed by atoms with van der Waals surface area (Å²) in [6.07, 6.45) is 1.92. The number of thioether (sulfide) groups is 1. The van der Waals surface area contributed by atoms with Gasteiger partial charge in [0.05, 0.1) is 30.4 Å². The lowest BCUT2D eigenvalue weighted by molar-refractivity contribution is -0.163. The Labute approximate surface area is 191 Å². The van der Waals surface area contributed by atoms with E-state index in [4.69, 9.17) is 5.41 Å². The molecule has 4 aliphatic rings. The highest BCUT2D eigenvalue weighted by atomic mass is 32.2. The van der Waals surface area contributed by atoms with Crippen molar-refractivity contribution in [3.05, 3.63) is 10.6 Å². The minimum absolute atomic E-state index is 0.0274. The molecule has 4 N–H and O–H groups in total. The molecule has 0 saturated carbocycles. The zero-order valence-corrected chi connectivity index (χ0v) is 19.2. The zero-order valence-electron chi connectivity index (χ0n) is 18.4. The van der Waals surface area contributed by atoms with Crippen molar-refractivity contribution < 1.29 is 24.6 Å². The number of nitrogens with one attached hydrogen (secondary N) is 2. The summed E-state index contributed by atoms with van der Waals surface area (Å²) in [6.45, 7) is 6.76. The average Bonchev–Trinajstić information content (AvgIpc) is 3.19. The van der Waals surface area contributed by atoms with E-state index in [0.29, 0.717) is 37.5 Å². The van der Waals surface area contributed by atoms with E-state index < -0.39 is 18.0 Å². The summed E-state index contributed by atoms with van der Waals surface area (Å²) in [4.78, 5) is 43.3. The molecule has 0 aliphatic carbocycles. The smallest absolute Gasteiger partial charge is 0.353 e. The third-order valence-electron chi connectivity index (χ3n) is 7.02. The lowest BCUT2D eigenvalue weighted by Gasteiger charge is -2.46. The van der Waals surface area contributed by atoms with Gasteiger partial charge in [0.25, 0.3) is 0 Å². The number of hydrogen-bond acceptors (Lipinski definition) is 7. The quantitative estimate of drug-likeness (QED) is 0.239. The maximum atomic E-state index is 13.0. The molecular weight excluding hydrogens is 434 g/mol. The van der Waals surface area contributed by atoms with Gasteiger partial charge in [-0.3, -0.25) is 15.0 Å². The molecule has 176 valence electrons. The number of carboxylic acid groups (broad SMARTS) is 1. The van der Waals surface area contributed by atoms with E-state index in [0.717, 1.165) is 13.0 Å². The number of carbonyl (C=O) groups excluding carboxylic acids is 2. The number of aliphatic hydroxyl groups excluding tert-OH is 1. The van der Waals surface area contributed by atoms with Gasteiger partial charge in [0.2, 0.25) is 11.8 Å². The first-order chi connectivity index (χ1) is 15.2. The predicted molar refractivity (Wildman–Crippen MR) is 119 cm³/mol. The fourth-order valence-electron chi connectivity index (χ4n) is 5.35. The molecule has 4 aliphatic heterocycles. The van der Waals surface area contributed by atoms with Crippen molar-refractivity contribution in [2.24, 2.45) is 11.8 Å². The van der Waals surface area contributed by atoms with E-state index in [9.17, 15) is 24.6 Å². The molecule has 6 atom stereocenters. The van der Waals surface area contributed by atoms with Crippen LogP contribution in [0.3, 0.4) is 0 Å². The molecule has 3 fully saturated rings. The summed E-state index contributed by atoms with van der Waals surface area (Å²) in [5, 5.41) is 30.5. The second-order valence-corrected chi connectivity index (χ2v) is 10.4. The third kappa shape index (κ3) is 3.90. The molecule has 1 unspecified atom stereocenters. The molecule has 11 heteroatoms. The number of aliphatic hydroxyl groups is 1. The van der Waals surface area contributed by atoms with Crippen molar-refractivity contribution in [1.29, 1.82) is 5.41 Å². The maximum Gasteiger partial charge on any atom is 0.353 e. The summed E-state index contributed by atoms with van der Waals surface area (Å²) >= 11 is 1.45. The Bertz CT molecular complexity index is 848. The Kier molecular flexibility index (Phi) is 6.51. The Hall–Kier alpha value is -2.11. The lowest BCUT2D eigenvalue weighted by Crippen LogP contribution is -2.63. The summed E-state index contributed by atoms with van der Waals surface area (Å²) in [5.74, 6) is -2.14. The molecule has 2 amide bonds. The van der Waals surface area contributed by atoms with Gasteiger partial charge in [-0.05, 0) is 19.8 Å². The first-order valence-corrected chi connectivity index (χ1v) is 12.0. The molecule has 3 saturated heterocycles. The molecule has 0 aromatic heterocycles. The Morgan fingerprint density at radius 2 is 2.03 bits per heavy atom. The molecule has 32 heavy (non-hydrogen) atoms. The van der Waals surface area contributed by atoms with E-state index >= 15 is 0 Å². The number of β-lactam (4-membered cyclic amide) rings is 1. The van der Waals surface area contributed by atoms with Gasteiger partial charge in [-0.2, -0.15) is 0 Å². The Morgan fingerprint density at radius 3 is 2.69 bits per heavy atom. The van der Waals surface area contributed by atoms with Crippen LogP contribution in [0.4, 0.5) is 0 Å². The van der Waals surface area contributed by atoms with Crippen molar-refractivity contribution in [1.82, 2.24) is 20.0 Å². The van der Waals surface area contributed by atoms with Crippen LogP contribution in [0.5, 0.6) is 0 Å². The molecular formula is C21H31N5O5S. The van der Waals surface area contributed by atoms with E-state index in [-0.39, 0.29) is 40.8 Å². The van der Waals surface area contributed by atoms with E-state index in [1.807, 2.05) is 16.7 Å². The topological polar surface area (TPSA) is 137 Å². The maximum absolute atomic E-state index is 13.0. The van der Waals surface area contributed by atoms with Crippen molar-refractivity contribution >= 4 is 35.9 Å². The first-order valence-electron chi connectivity index (χ1n) is 11.2. The molecule has 4 rings (SSSR count). The highest BCUT2D eigenvalue weighted by Crippen LogP contribution is 2.51. The molecule has 4 heterocycles. The summed E-state index contributed by atoms with van der Waals surface area (Å²) in [5.41, 5.74) is 0.0310. The monoisotopic (exact) mass is 465 g/mol. The van der Waals surface area contributed by atoms with E-state index in [2.05, 4.69) is 5.32 Å².